The van der Waals surface area contributed by atoms with Crippen molar-refractivity contribution in [1.29, 1.82) is 0 Å². The Morgan fingerprint density at radius 3 is 2.08 bits per heavy atom. The number of hydrogen-bond acceptors (Lipinski definition) is 7. The van der Waals surface area contributed by atoms with Gasteiger partial charge in [0.2, 0.25) is 5.34 Å². The topological polar surface area (TPSA) is 100 Å². The molecule has 0 aliphatic carbocycles. The van der Waals surface area contributed by atoms with E-state index in [1.807, 2.05) is 0 Å². The van der Waals surface area contributed by atoms with E-state index in [1.165, 1.54) is 26.4 Å². The molecule has 0 radical (unpaired) electrons. The largest absolute Gasteiger partial charge is 0.497 e. The fourth-order valence-corrected chi connectivity index (χ4v) is 4.80. The molecule has 0 N–H and O–H groups in total. The molecular formula is C17H18NO7P. The first kappa shape index (κ1) is 18.5. The summed E-state index contributed by atoms with van der Waals surface area (Å²) in [5.41, 5.74) is 1.21. The molecule has 0 spiro atoms. The van der Waals surface area contributed by atoms with Gasteiger partial charge in [-0.25, -0.2) is 0 Å². The molecule has 3 rings (SSSR count). The van der Waals surface area contributed by atoms with Crippen LogP contribution in [0.1, 0.15) is 17.2 Å². The molecule has 2 aromatic carbocycles. The molecule has 0 unspecified atom stereocenters. The van der Waals surface area contributed by atoms with Crippen molar-refractivity contribution in [3.8, 4) is 5.75 Å². The third-order valence-corrected chi connectivity index (χ3v) is 6.77. The number of hydrogen-bond donors (Lipinski definition) is 0. The van der Waals surface area contributed by atoms with Gasteiger partial charge in [0, 0.05) is 26.4 Å². The van der Waals surface area contributed by atoms with Gasteiger partial charge in [-0.2, -0.15) is 0 Å². The zero-order valence-electron chi connectivity index (χ0n) is 14.4. The minimum Gasteiger partial charge on any atom is -0.497 e. The molecule has 2 atom stereocenters. The van der Waals surface area contributed by atoms with Crippen molar-refractivity contribution in [3.05, 3.63) is 69.8 Å². The lowest BCUT2D eigenvalue weighted by atomic mass is 10.0. The van der Waals surface area contributed by atoms with Gasteiger partial charge in [0.05, 0.1) is 12.0 Å². The zero-order valence-corrected chi connectivity index (χ0v) is 15.3. The molecule has 26 heavy (non-hydrogen) atoms. The average molecular weight is 379 g/mol. The lowest BCUT2D eigenvalue weighted by molar-refractivity contribution is -0.384. The van der Waals surface area contributed by atoms with E-state index >= 15 is 0 Å². The number of rotatable bonds is 7. The summed E-state index contributed by atoms with van der Waals surface area (Å²) >= 11 is 0. The highest BCUT2D eigenvalue weighted by atomic mass is 31.2. The van der Waals surface area contributed by atoms with Crippen molar-refractivity contribution in [2.75, 3.05) is 21.3 Å². The predicted octanol–water partition coefficient (Wildman–Crippen LogP) is 4.01. The predicted molar refractivity (Wildman–Crippen MR) is 93.2 cm³/mol. The van der Waals surface area contributed by atoms with E-state index in [-0.39, 0.29) is 5.69 Å². The van der Waals surface area contributed by atoms with Crippen LogP contribution in [0.3, 0.4) is 0 Å². The molecule has 1 aliphatic heterocycles. The molecule has 0 saturated carbocycles. The van der Waals surface area contributed by atoms with Crippen molar-refractivity contribution in [1.82, 2.24) is 0 Å². The molecule has 1 aliphatic rings. The highest BCUT2D eigenvalue weighted by Crippen LogP contribution is 2.79. The Labute approximate surface area is 150 Å². The summed E-state index contributed by atoms with van der Waals surface area (Å²) in [7, 11) is 0.473. The third kappa shape index (κ3) is 2.81. The van der Waals surface area contributed by atoms with Crippen LogP contribution in [0.2, 0.25) is 0 Å². The van der Waals surface area contributed by atoms with Gasteiger partial charge in [0.1, 0.15) is 11.9 Å². The SMILES string of the molecule is COc1ccc([C@]2(P(=O)(OC)OC)O[C@H]2c2ccc([N+](=O)[O-])cc2)cc1. The first-order valence-electron chi connectivity index (χ1n) is 7.70. The van der Waals surface area contributed by atoms with Crippen LogP contribution in [0, 0.1) is 10.1 Å². The minimum atomic E-state index is -3.67. The van der Waals surface area contributed by atoms with E-state index in [1.54, 1.807) is 43.5 Å². The summed E-state index contributed by atoms with van der Waals surface area (Å²) < 4.78 is 34.7. The third-order valence-electron chi connectivity index (χ3n) is 4.39. The monoisotopic (exact) mass is 379 g/mol. The Morgan fingerprint density at radius 2 is 1.62 bits per heavy atom. The summed E-state index contributed by atoms with van der Waals surface area (Å²) in [5.74, 6) is 0.640. The molecule has 9 heteroatoms. The maximum Gasteiger partial charge on any atom is 0.369 e. The Morgan fingerprint density at radius 1 is 1.04 bits per heavy atom. The molecule has 0 aromatic heterocycles. The first-order valence-corrected chi connectivity index (χ1v) is 9.24. The number of epoxide rings is 1. The van der Waals surface area contributed by atoms with E-state index in [4.69, 9.17) is 18.5 Å². The van der Waals surface area contributed by atoms with Gasteiger partial charge in [-0.1, -0.05) is 12.1 Å². The minimum absolute atomic E-state index is 0.0360. The van der Waals surface area contributed by atoms with Crippen molar-refractivity contribution in [3.63, 3.8) is 0 Å². The maximum atomic E-state index is 13.2. The van der Waals surface area contributed by atoms with Crippen LogP contribution in [-0.4, -0.2) is 26.3 Å². The van der Waals surface area contributed by atoms with Gasteiger partial charge in [-0.3, -0.25) is 14.7 Å². The second-order valence-corrected chi connectivity index (χ2v) is 8.02. The van der Waals surface area contributed by atoms with Gasteiger partial charge < -0.3 is 18.5 Å². The Kier molecular flexibility index (Phi) is 4.86. The Bertz CT molecular complexity index is 844. The summed E-state index contributed by atoms with van der Waals surface area (Å²) in [4.78, 5) is 10.4. The number of non-ortho nitro benzene ring substituents is 1. The van der Waals surface area contributed by atoms with Gasteiger partial charge in [0.15, 0.2) is 0 Å². The highest BCUT2D eigenvalue weighted by Gasteiger charge is 2.71. The van der Waals surface area contributed by atoms with Crippen molar-refractivity contribution in [2.24, 2.45) is 0 Å². The molecule has 2 aromatic rings. The van der Waals surface area contributed by atoms with Crippen LogP contribution in [-0.2, 0) is 23.7 Å². The number of nitro benzene ring substituents is 1. The molecule has 1 saturated heterocycles. The molecule has 138 valence electrons. The van der Waals surface area contributed by atoms with E-state index in [2.05, 4.69) is 0 Å². The normalized spacial score (nSPS) is 22.0. The number of benzene rings is 2. The molecule has 1 heterocycles. The standard InChI is InChI=1S/C17H18NO7P/c1-22-15-10-6-13(7-11-15)17(26(21,23-2)24-3)16(25-17)12-4-8-14(9-5-12)18(19)20/h4-11,16H,1-3H3/t16-,17+/m0/s1. The number of methoxy groups -OCH3 is 1. The van der Waals surface area contributed by atoms with Crippen LogP contribution in [0.4, 0.5) is 5.69 Å². The van der Waals surface area contributed by atoms with Crippen molar-refractivity contribution >= 4 is 13.3 Å². The lowest BCUT2D eigenvalue weighted by Gasteiger charge is -2.22. The summed E-state index contributed by atoms with van der Waals surface area (Å²) in [6, 6.07) is 12.8. The van der Waals surface area contributed by atoms with Crippen LogP contribution in [0.25, 0.3) is 0 Å². The zero-order chi connectivity index (χ0) is 18.9. The fraction of sp³-hybridized carbons (Fsp3) is 0.294. The number of nitrogens with zero attached hydrogens (tertiary/aromatic N) is 1. The Hall–Kier alpha value is -2.25. The van der Waals surface area contributed by atoms with Crippen molar-refractivity contribution in [2.45, 2.75) is 11.4 Å². The quantitative estimate of drug-likeness (QED) is 0.310. The molecular weight excluding hydrogens is 361 g/mol. The fourth-order valence-electron chi connectivity index (χ4n) is 2.97. The van der Waals surface area contributed by atoms with Crippen LogP contribution in [0.15, 0.2) is 48.5 Å². The smallest absolute Gasteiger partial charge is 0.369 e. The average Bonchev–Trinajstić information content (AvgIpc) is 3.45. The first-order chi connectivity index (χ1) is 12.4. The van der Waals surface area contributed by atoms with Gasteiger partial charge in [-0.15, -0.1) is 0 Å². The lowest BCUT2D eigenvalue weighted by Crippen LogP contribution is -2.14. The van der Waals surface area contributed by atoms with Crippen molar-refractivity contribution < 1.29 is 28.0 Å². The van der Waals surface area contributed by atoms with Gasteiger partial charge >= 0.3 is 7.60 Å². The van der Waals surface area contributed by atoms with E-state index < -0.39 is 24.0 Å². The number of ether oxygens (including phenoxy) is 2. The highest BCUT2D eigenvalue weighted by molar-refractivity contribution is 7.55. The second kappa shape index (κ2) is 6.81. The van der Waals surface area contributed by atoms with E-state index in [0.717, 1.165) is 0 Å². The molecule has 8 nitrogen and oxygen atoms in total. The maximum absolute atomic E-state index is 13.2. The molecule has 1 fully saturated rings. The Balaban J connectivity index is 2.04. The van der Waals surface area contributed by atoms with E-state index in [0.29, 0.717) is 16.9 Å². The van der Waals surface area contributed by atoms with Crippen LogP contribution < -0.4 is 4.74 Å². The van der Waals surface area contributed by atoms with Crippen LogP contribution >= 0.6 is 7.60 Å². The second-order valence-electron chi connectivity index (χ2n) is 5.63. The van der Waals surface area contributed by atoms with Gasteiger partial charge in [0.25, 0.3) is 5.69 Å². The van der Waals surface area contributed by atoms with Crippen LogP contribution in [0.5, 0.6) is 5.75 Å². The summed E-state index contributed by atoms with van der Waals surface area (Å²) in [5, 5.41) is 9.52. The summed E-state index contributed by atoms with van der Waals surface area (Å²) in [6.07, 6.45) is -0.623. The molecule has 0 amide bonds. The number of nitro groups is 1. The summed E-state index contributed by atoms with van der Waals surface area (Å²) in [6.45, 7) is 0. The van der Waals surface area contributed by atoms with Gasteiger partial charge in [-0.05, 0) is 35.4 Å². The molecule has 0 bridgehead atoms. The van der Waals surface area contributed by atoms with E-state index in [9.17, 15) is 14.7 Å².